The van der Waals surface area contributed by atoms with Gasteiger partial charge in [0, 0.05) is 11.1 Å². The van der Waals surface area contributed by atoms with Crippen molar-refractivity contribution in [1.82, 2.24) is 10.2 Å². The molecular weight excluding hydrogens is 309 g/mol. The molecule has 0 aliphatic carbocycles. The molecule has 0 aliphatic heterocycles. The van der Waals surface area contributed by atoms with E-state index in [9.17, 15) is 9.18 Å². The molecule has 0 radical (unpaired) electrons. The number of rotatable bonds is 4. The second-order valence-electron chi connectivity index (χ2n) is 4.58. The molecule has 0 fully saturated rings. The summed E-state index contributed by atoms with van der Waals surface area (Å²) in [5.74, 6) is -0.554. The highest BCUT2D eigenvalue weighted by Gasteiger charge is 2.08. The lowest BCUT2D eigenvalue weighted by Crippen LogP contribution is -2.20. The lowest BCUT2D eigenvalue weighted by atomic mass is 10.2. The first-order chi connectivity index (χ1) is 10.6. The molecule has 1 aromatic heterocycles. The van der Waals surface area contributed by atoms with Crippen molar-refractivity contribution in [2.24, 2.45) is 0 Å². The number of hydrogen-bond donors (Lipinski definition) is 2. The van der Waals surface area contributed by atoms with Gasteiger partial charge in [0.25, 0.3) is 5.91 Å². The van der Waals surface area contributed by atoms with Crippen LogP contribution in [0.2, 0.25) is 5.02 Å². The van der Waals surface area contributed by atoms with Crippen molar-refractivity contribution in [1.29, 1.82) is 0 Å². The molecule has 1 amide bonds. The molecule has 0 saturated carbocycles. The van der Waals surface area contributed by atoms with Crippen LogP contribution < -0.4 is 10.1 Å². The first kappa shape index (κ1) is 14.3. The minimum Gasteiger partial charge on any atom is -0.482 e. The minimum absolute atomic E-state index is 0.118. The van der Waals surface area contributed by atoms with E-state index in [1.807, 2.05) is 6.07 Å². The highest BCUT2D eigenvalue weighted by Crippen LogP contribution is 2.24. The van der Waals surface area contributed by atoms with Crippen LogP contribution in [0.5, 0.6) is 5.75 Å². The number of anilines is 1. The van der Waals surface area contributed by atoms with Crippen molar-refractivity contribution >= 4 is 34.1 Å². The van der Waals surface area contributed by atoms with Gasteiger partial charge in [-0.15, -0.1) is 0 Å². The predicted molar refractivity (Wildman–Crippen MR) is 81.6 cm³/mol. The third kappa shape index (κ3) is 3.17. The molecule has 2 N–H and O–H groups in total. The summed E-state index contributed by atoms with van der Waals surface area (Å²) in [4.78, 5) is 11.9. The number of aromatic amines is 1. The zero-order valence-corrected chi connectivity index (χ0v) is 12.0. The van der Waals surface area contributed by atoms with E-state index in [-0.39, 0.29) is 23.3 Å². The van der Waals surface area contributed by atoms with Gasteiger partial charge in [-0.1, -0.05) is 11.6 Å². The molecule has 0 bridgehead atoms. The third-order valence-electron chi connectivity index (χ3n) is 2.98. The van der Waals surface area contributed by atoms with Crippen LogP contribution in [0.15, 0.2) is 42.6 Å². The van der Waals surface area contributed by atoms with E-state index in [2.05, 4.69) is 15.5 Å². The average Bonchev–Trinajstić information content (AvgIpc) is 2.94. The molecule has 5 nitrogen and oxygen atoms in total. The van der Waals surface area contributed by atoms with Gasteiger partial charge in [0.1, 0.15) is 11.6 Å². The fourth-order valence-corrected chi connectivity index (χ4v) is 2.17. The number of nitrogens with zero attached hydrogens (tertiary/aromatic N) is 1. The highest BCUT2D eigenvalue weighted by atomic mass is 35.5. The van der Waals surface area contributed by atoms with Gasteiger partial charge in [-0.05, 0) is 36.4 Å². The van der Waals surface area contributed by atoms with Crippen molar-refractivity contribution in [3.63, 3.8) is 0 Å². The Kier molecular flexibility index (Phi) is 3.93. The maximum Gasteiger partial charge on any atom is 0.262 e. The van der Waals surface area contributed by atoms with Gasteiger partial charge < -0.3 is 10.1 Å². The summed E-state index contributed by atoms with van der Waals surface area (Å²) in [6.07, 6.45) is 1.67. The lowest BCUT2D eigenvalue weighted by Gasteiger charge is -2.09. The standard InChI is InChI=1S/C15H11ClFN3O2/c16-12-6-10(17)1-4-14(12)22-8-15(21)19-11-2-3-13-9(5-11)7-18-20-13/h1-7H,8H2,(H,18,20)(H,19,21). The zero-order valence-electron chi connectivity index (χ0n) is 11.3. The molecule has 0 spiro atoms. The van der Waals surface area contributed by atoms with Crippen molar-refractivity contribution in [3.05, 3.63) is 53.4 Å². The Hall–Kier alpha value is -2.60. The van der Waals surface area contributed by atoms with Crippen LogP contribution in [-0.2, 0) is 4.79 Å². The van der Waals surface area contributed by atoms with Gasteiger partial charge in [0.2, 0.25) is 0 Å². The van der Waals surface area contributed by atoms with Crippen LogP contribution in [0.3, 0.4) is 0 Å². The van der Waals surface area contributed by atoms with Gasteiger partial charge in [-0.2, -0.15) is 5.10 Å². The van der Waals surface area contributed by atoms with Gasteiger partial charge in [0.15, 0.2) is 6.61 Å². The van der Waals surface area contributed by atoms with Gasteiger partial charge in [-0.25, -0.2) is 4.39 Å². The maximum atomic E-state index is 12.9. The van der Waals surface area contributed by atoms with Gasteiger partial charge >= 0.3 is 0 Å². The summed E-state index contributed by atoms with van der Waals surface area (Å²) in [5, 5.41) is 10.4. The van der Waals surface area contributed by atoms with Crippen LogP contribution in [0.25, 0.3) is 10.9 Å². The van der Waals surface area contributed by atoms with Crippen LogP contribution in [0, 0.1) is 5.82 Å². The van der Waals surface area contributed by atoms with E-state index >= 15 is 0 Å². The van der Waals surface area contributed by atoms with Crippen molar-refractivity contribution in [2.45, 2.75) is 0 Å². The Bertz CT molecular complexity index is 835. The number of benzene rings is 2. The number of nitrogens with one attached hydrogen (secondary N) is 2. The lowest BCUT2D eigenvalue weighted by molar-refractivity contribution is -0.118. The molecule has 1 heterocycles. The van der Waals surface area contributed by atoms with Crippen LogP contribution in [0.4, 0.5) is 10.1 Å². The SMILES string of the molecule is O=C(COc1ccc(F)cc1Cl)Nc1ccc2[nH]ncc2c1. The summed E-state index contributed by atoms with van der Waals surface area (Å²) >= 11 is 5.82. The fraction of sp³-hybridized carbons (Fsp3) is 0.0667. The number of carbonyl (C=O) groups is 1. The Morgan fingerprint density at radius 1 is 1.32 bits per heavy atom. The number of hydrogen-bond acceptors (Lipinski definition) is 3. The molecule has 112 valence electrons. The summed E-state index contributed by atoms with van der Waals surface area (Å²) in [5.41, 5.74) is 1.51. The largest absolute Gasteiger partial charge is 0.482 e. The van der Waals surface area contributed by atoms with Crippen molar-refractivity contribution in [3.8, 4) is 5.75 Å². The van der Waals surface area contributed by atoms with E-state index in [1.165, 1.54) is 12.1 Å². The number of ether oxygens (including phenoxy) is 1. The Morgan fingerprint density at radius 2 is 2.18 bits per heavy atom. The highest BCUT2D eigenvalue weighted by molar-refractivity contribution is 6.32. The Balaban J connectivity index is 1.62. The molecule has 0 atom stereocenters. The van der Waals surface area contributed by atoms with Crippen molar-refractivity contribution in [2.75, 3.05) is 11.9 Å². The number of H-pyrrole nitrogens is 1. The Morgan fingerprint density at radius 3 is 3.00 bits per heavy atom. The second-order valence-corrected chi connectivity index (χ2v) is 4.99. The molecule has 0 unspecified atom stereocenters. The quantitative estimate of drug-likeness (QED) is 0.774. The maximum absolute atomic E-state index is 12.9. The van der Waals surface area contributed by atoms with E-state index in [4.69, 9.17) is 16.3 Å². The van der Waals surface area contributed by atoms with Gasteiger partial charge in [-0.3, -0.25) is 9.89 Å². The predicted octanol–water partition coefficient (Wildman–Crippen LogP) is 3.37. The molecule has 2 aromatic carbocycles. The van der Waals surface area contributed by atoms with Gasteiger partial charge in [0.05, 0.1) is 16.7 Å². The van der Waals surface area contributed by atoms with E-state index < -0.39 is 5.82 Å². The first-order valence-corrected chi connectivity index (χ1v) is 6.80. The topological polar surface area (TPSA) is 67.0 Å². The summed E-state index contributed by atoms with van der Waals surface area (Å²) in [6, 6.07) is 9.08. The molecule has 0 aliphatic rings. The number of carbonyl (C=O) groups excluding carboxylic acids is 1. The first-order valence-electron chi connectivity index (χ1n) is 6.42. The number of amides is 1. The minimum atomic E-state index is -0.463. The average molecular weight is 320 g/mol. The van der Waals surface area contributed by atoms with Crippen LogP contribution >= 0.6 is 11.6 Å². The molecule has 0 saturated heterocycles. The molecule has 22 heavy (non-hydrogen) atoms. The second kappa shape index (κ2) is 6.03. The van der Waals surface area contributed by atoms with Crippen molar-refractivity contribution < 1.29 is 13.9 Å². The number of aromatic nitrogens is 2. The summed E-state index contributed by atoms with van der Waals surface area (Å²) in [6.45, 7) is -0.227. The molecule has 3 rings (SSSR count). The Labute approximate surface area is 130 Å². The van der Waals surface area contributed by atoms with Crippen LogP contribution in [0.1, 0.15) is 0 Å². The summed E-state index contributed by atoms with van der Waals surface area (Å²) < 4.78 is 18.2. The van der Waals surface area contributed by atoms with E-state index in [0.717, 1.165) is 17.0 Å². The molecule has 3 aromatic rings. The van der Waals surface area contributed by atoms with E-state index in [0.29, 0.717) is 5.69 Å². The smallest absolute Gasteiger partial charge is 0.262 e. The molecule has 7 heteroatoms. The number of halogens is 2. The zero-order chi connectivity index (χ0) is 15.5. The van der Waals surface area contributed by atoms with E-state index in [1.54, 1.807) is 18.3 Å². The third-order valence-corrected chi connectivity index (χ3v) is 3.27. The number of fused-ring (bicyclic) bond motifs is 1. The normalized spacial score (nSPS) is 10.6. The summed E-state index contributed by atoms with van der Waals surface area (Å²) in [7, 11) is 0. The molecular formula is C15H11ClFN3O2. The van der Waals surface area contributed by atoms with Crippen LogP contribution in [-0.4, -0.2) is 22.7 Å². The fourth-order valence-electron chi connectivity index (χ4n) is 1.95. The monoisotopic (exact) mass is 319 g/mol.